The van der Waals surface area contributed by atoms with Crippen LogP contribution in [0.15, 0.2) is 12.2 Å². The Kier molecular flexibility index (Phi) is 4.88. The fraction of sp³-hybridized carbons (Fsp3) is 0.688. The molecule has 2 aliphatic rings. The molecule has 2 unspecified atom stereocenters. The van der Waals surface area contributed by atoms with E-state index in [0.29, 0.717) is 12.8 Å². The summed E-state index contributed by atoms with van der Waals surface area (Å²) in [6, 6.07) is -0.633. The van der Waals surface area contributed by atoms with Crippen molar-refractivity contribution in [3.05, 3.63) is 12.2 Å². The zero-order valence-electron chi connectivity index (χ0n) is 13.4. The van der Waals surface area contributed by atoms with Crippen LogP contribution in [0.5, 0.6) is 0 Å². The molecule has 2 atom stereocenters. The van der Waals surface area contributed by atoms with Gasteiger partial charge in [0, 0.05) is 6.42 Å². The van der Waals surface area contributed by atoms with E-state index in [0.717, 1.165) is 19.3 Å². The number of likely N-dealkylation sites (tertiary alicyclic amines) is 1. The highest BCUT2D eigenvalue weighted by Crippen LogP contribution is 2.27. The van der Waals surface area contributed by atoms with Crippen LogP contribution in [0, 0.1) is 0 Å². The van der Waals surface area contributed by atoms with Crippen LogP contribution >= 0.6 is 0 Å². The summed E-state index contributed by atoms with van der Waals surface area (Å²) in [7, 11) is 0. The molecule has 0 aromatic carbocycles. The third-order valence-electron chi connectivity index (χ3n) is 3.77. The minimum atomic E-state index is -0.768. The van der Waals surface area contributed by atoms with Crippen molar-refractivity contribution in [2.45, 2.75) is 70.6 Å². The van der Waals surface area contributed by atoms with Crippen LogP contribution in [-0.2, 0) is 14.3 Å². The molecule has 6 heteroatoms. The van der Waals surface area contributed by atoms with Crippen molar-refractivity contribution in [3.8, 4) is 0 Å². The van der Waals surface area contributed by atoms with Crippen molar-refractivity contribution in [3.63, 3.8) is 0 Å². The summed E-state index contributed by atoms with van der Waals surface area (Å²) in [6.45, 7) is 5.19. The number of hydrogen-bond donors (Lipinski definition) is 1. The highest BCUT2D eigenvalue weighted by atomic mass is 16.6. The maximum absolute atomic E-state index is 12.3. The lowest BCUT2D eigenvalue weighted by atomic mass is 10.0. The Morgan fingerprint density at radius 3 is 2.64 bits per heavy atom. The average Bonchev–Trinajstić information content (AvgIpc) is 2.79. The number of amides is 3. The van der Waals surface area contributed by atoms with E-state index < -0.39 is 23.6 Å². The Balaban J connectivity index is 2.01. The number of allylic oxidation sites excluding steroid dienone is 1. The third-order valence-corrected chi connectivity index (χ3v) is 3.77. The van der Waals surface area contributed by atoms with Crippen LogP contribution < -0.4 is 5.32 Å². The second kappa shape index (κ2) is 6.50. The summed E-state index contributed by atoms with van der Waals surface area (Å²) < 4.78 is 5.09. The molecule has 122 valence electrons. The second-order valence-corrected chi connectivity index (χ2v) is 6.77. The monoisotopic (exact) mass is 308 g/mol. The molecule has 1 aliphatic heterocycles. The number of carbonyl (C=O) groups excluding carboxylic acids is 3. The third kappa shape index (κ3) is 4.08. The highest BCUT2D eigenvalue weighted by molar-refractivity contribution is 5.98. The summed E-state index contributed by atoms with van der Waals surface area (Å²) in [5.41, 5.74) is -0.665. The van der Waals surface area contributed by atoms with Crippen molar-refractivity contribution in [2.75, 3.05) is 0 Å². The molecule has 0 aromatic rings. The molecule has 0 bridgehead atoms. The van der Waals surface area contributed by atoms with Gasteiger partial charge in [0.25, 0.3) is 5.91 Å². The topological polar surface area (TPSA) is 75.7 Å². The number of nitrogens with zero attached hydrogens (tertiary/aromatic N) is 1. The molecule has 0 spiro atoms. The number of imide groups is 1. The first-order valence-corrected chi connectivity index (χ1v) is 7.79. The number of rotatable bonds is 2. The molecule has 0 radical (unpaired) electrons. The minimum absolute atomic E-state index is 0.0270. The molecule has 1 aliphatic carbocycles. The molecular formula is C16H24N2O4. The summed E-state index contributed by atoms with van der Waals surface area (Å²) in [6.07, 6.45) is 6.92. The predicted molar refractivity (Wildman–Crippen MR) is 81.0 cm³/mol. The number of hydrogen-bond acceptors (Lipinski definition) is 4. The summed E-state index contributed by atoms with van der Waals surface area (Å²) in [4.78, 5) is 37.7. The molecule has 1 saturated heterocycles. The van der Waals surface area contributed by atoms with E-state index in [-0.39, 0.29) is 11.9 Å². The molecule has 0 saturated carbocycles. The average molecular weight is 308 g/mol. The zero-order valence-corrected chi connectivity index (χ0v) is 13.4. The molecule has 6 nitrogen and oxygen atoms in total. The van der Waals surface area contributed by atoms with Crippen LogP contribution in [0.4, 0.5) is 4.79 Å². The van der Waals surface area contributed by atoms with Gasteiger partial charge in [0.2, 0.25) is 5.91 Å². The Labute approximate surface area is 130 Å². The predicted octanol–water partition coefficient (Wildman–Crippen LogP) is 2.14. The summed E-state index contributed by atoms with van der Waals surface area (Å²) >= 11 is 0. The van der Waals surface area contributed by atoms with Crippen LogP contribution in [0.1, 0.15) is 52.9 Å². The Morgan fingerprint density at radius 1 is 1.32 bits per heavy atom. The van der Waals surface area contributed by atoms with Gasteiger partial charge in [-0.2, -0.15) is 0 Å². The van der Waals surface area contributed by atoms with Crippen molar-refractivity contribution >= 4 is 17.9 Å². The minimum Gasteiger partial charge on any atom is -0.444 e. The smallest absolute Gasteiger partial charge is 0.414 e. The van der Waals surface area contributed by atoms with Gasteiger partial charge in [0.1, 0.15) is 11.6 Å². The van der Waals surface area contributed by atoms with Gasteiger partial charge in [-0.25, -0.2) is 4.79 Å². The van der Waals surface area contributed by atoms with Crippen molar-refractivity contribution < 1.29 is 19.1 Å². The number of ether oxygens (including phenoxy) is 1. The Morgan fingerprint density at radius 2 is 2.05 bits per heavy atom. The van der Waals surface area contributed by atoms with Gasteiger partial charge in [0.05, 0.1) is 6.04 Å². The maximum atomic E-state index is 12.3. The number of carbonyl (C=O) groups is 3. The van der Waals surface area contributed by atoms with Gasteiger partial charge < -0.3 is 9.64 Å². The first kappa shape index (κ1) is 16.5. The van der Waals surface area contributed by atoms with Crippen molar-refractivity contribution in [2.24, 2.45) is 0 Å². The van der Waals surface area contributed by atoms with E-state index in [1.807, 2.05) is 12.2 Å². The highest BCUT2D eigenvalue weighted by Gasteiger charge is 2.40. The molecule has 1 fully saturated rings. The quantitative estimate of drug-likeness (QED) is 0.793. The second-order valence-electron chi connectivity index (χ2n) is 6.77. The molecule has 0 aromatic heterocycles. The first-order valence-electron chi connectivity index (χ1n) is 7.79. The first-order chi connectivity index (χ1) is 10.3. The van der Waals surface area contributed by atoms with Crippen LogP contribution in [-0.4, -0.2) is 40.5 Å². The molecule has 1 heterocycles. The van der Waals surface area contributed by atoms with Gasteiger partial charge in [-0.3, -0.25) is 14.9 Å². The van der Waals surface area contributed by atoms with Crippen LogP contribution in [0.2, 0.25) is 0 Å². The van der Waals surface area contributed by atoms with Gasteiger partial charge >= 0.3 is 6.09 Å². The van der Waals surface area contributed by atoms with E-state index in [1.54, 1.807) is 25.7 Å². The summed E-state index contributed by atoms with van der Waals surface area (Å²) in [5, 5.41) is 2.25. The fourth-order valence-electron chi connectivity index (χ4n) is 2.89. The number of nitrogens with one attached hydrogen (secondary N) is 1. The van der Waals surface area contributed by atoms with Crippen molar-refractivity contribution in [1.29, 1.82) is 0 Å². The molecule has 22 heavy (non-hydrogen) atoms. The molecule has 1 N–H and O–H groups in total. The van der Waals surface area contributed by atoms with Gasteiger partial charge in [0.15, 0.2) is 0 Å². The van der Waals surface area contributed by atoms with E-state index >= 15 is 0 Å². The Hall–Kier alpha value is -1.85. The fourth-order valence-corrected chi connectivity index (χ4v) is 2.89. The van der Waals surface area contributed by atoms with E-state index in [4.69, 9.17) is 4.74 Å². The van der Waals surface area contributed by atoms with Gasteiger partial charge in [-0.05, 0) is 46.5 Å². The molecule has 2 rings (SSSR count). The lowest BCUT2D eigenvalue weighted by molar-refractivity contribution is -0.136. The standard InChI is InChI=1S/C16H24N2O4/c1-16(2,3)22-15(21)17-14(20)12-9-10-13(19)18(12)11-7-5-4-6-8-11/h5,7,11-12H,4,6,8-10H2,1-3H3,(H,17,20,21). The normalized spacial score (nSPS) is 25.2. The largest absolute Gasteiger partial charge is 0.444 e. The lowest BCUT2D eigenvalue weighted by Crippen LogP contribution is -2.51. The van der Waals surface area contributed by atoms with Gasteiger partial charge in [-0.1, -0.05) is 12.2 Å². The van der Waals surface area contributed by atoms with E-state index in [9.17, 15) is 14.4 Å². The SMILES string of the molecule is CC(C)(C)OC(=O)NC(=O)C1CCC(=O)N1C1C=CCCC1. The van der Waals surface area contributed by atoms with Crippen LogP contribution in [0.3, 0.4) is 0 Å². The number of alkyl carbamates (subject to hydrolysis) is 1. The summed E-state index contributed by atoms with van der Waals surface area (Å²) in [5.74, 6) is -0.486. The molecular weight excluding hydrogens is 284 g/mol. The maximum Gasteiger partial charge on any atom is 0.414 e. The van der Waals surface area contributed by atoms with Gasteiger partial charge in [-0.15, -0.1) is 0 Å². The molecule has 3 amide bonds. The Bertz CT molecular complexity index is 493. The van der Waals surface area contributed by atoms with E-state index in [2.05, 4.69) is 5.32 Å². The van der Waals surface area contributed by atoms with E-state index in [1.165, 1.54) is 0 Å². The lowest BCUT2D eigenvalue weighted by Gasteiger charge is -2.32. The van der Waals surface area contributed by atoms with Crippen molar-refractivity contribution in [1.82, 2.24) is 10.2 Å². The zero-order chi connectivity index (χ0) is 16.3. The van der Waals surface area contributed by atoms with Crippen LogP contribution in [0.25, 0.3) is 0 Å².